The lowest BCUT2D eigenvalue weighted by atomic mass is 10.1. The van der Waals surface area contributed by atoms with Gasteiger partial charge in [-0.2, -0.15) is 0 Å². The molecule has 8 nitrogen and oxygen atoms in total. The molecule has 0 radical (unpaired) electrons. The number of nitrogens with one attached hydrogen (secondary N) is 3. The predicted octanol–water partition coefficient (Wildman–Crippen LogP) is 5.89. The van der Waals surface area contributed by atoms with Crippen molar-refractivity contribution in [2.24, 2.45) is 7.05 Å². The minimum Gasteiger partial charge on any atom is -0.393 e. The third-order valence-corrected chi connectivity index (χ3v) is 7.09. The van der Waals surface area contributed by atoms with Crippen LogP contribution in [0.2, 0.25) is 5.02 Å². The van der Waals surface area contributed by atoms with Crippen molar-refractivity contribution >= 4 is 51.9 Å². The van der Waals surface area contributed by atoms with Crippen LogP contribution in [0.15, 0.2) is 85.1 Å². The van der Waals surface area contributed by atoms with E-state index < -0.39 is 0 Å². The number of carbonyl (C=O) groups is 2. The first-order valence-corrected chi connectivity index (χ1v) is 13.2. The van der Waals surface area contributed by atoms with E-state index in [0.29, 0.717) is 27.7 Å². The standard InChI is InChI=1S/C30H30ClN5O3/c1-35-16-2-3-28(35)30(39)34-23-10-6-21(7-11-23)32-20-4-8-22(9-5-20)33-29(38)26-13-12-24(19-27(26)31)36-17-14-25(37)15-18-36/h2-13,16,19,25,32,37H,14-15,17-18H2,1H3,(H,33,38)(H,34,39). The molecular weight excluding hydrogens is 514 g/mol. The van der Waals surface area contributed by atoms with E-state index in [2.05, 4.69) is 20.9 Å². The topological polar surface area (TPSA) is 98.6 Å². The van der Waals surface area contributed by atoms with E-state index in [4.69, 9.17) is 11.6 Å². The zero-order valence-corrected chi connectivity index (χ0v) is 22.3. The highest BCUT2D eigenvalue weighted by Crippen LogP contribution is 2.27. The second kappa shape index (κ2) is 11.6. The molecule has 1 saturated heterocycles. The summed E-state index contributed by atoms with van der Waals surface area (Å²) in [5, 5.41) is 19.2. The molecule has 0 bridgehead atoms. The number of hydrogen-bond acceptors (Lipinski definition) is 5. The Morgan fingerprint density at radius 2 is 1.38 bits per heavy atom. The first-order chi connectivity index (χ1) is 18.9. The van der Waals surface area contributed by atoms with Crippen LogP contribution in [-0.2, 0) is 7.05 Å². The number of amides is 2. The second-order valence-electron chi connectivity index (χ2n) is 9.57. The fourth-order valence-electron chi connectivity index (χ4n) is 4.54. The van der Waals surface area contributed by atoms with Crippen molar-refractivity contribution in [3.63, 3.8) is 0 Å². The Balaban J connectivity index is 1.16. The van der Waals surface area contributed by atoms with Crippen molar-refractivity contribution in [1.29, 1.82) is 0 Å². The van der Waals surface area contributed by atoms with Gasteiger partial charge in [0.25, 0.3) is 11.8 Å². The van der Waals surface area contributed by atoms with Gasteiger partial charge in [0.2, 0.25) is 0 Å². The van der Waals surface area contributed by atoms with Crippen LogP contribution < -0.4 is 20.9 Å². The molecule has 4 N–H and O–H groups in total. The molecule has 1 aliphatic heterocycles. The lowest BCUT2D eigenvalue weighted by Crippen LogP contribution is -2.35. The molecule has 4 aromatic rings. The monoisotopic (exact) mass is 543 g/mol. The molecule has 5 rings (SSSR count). The predicted molar refractivity (Wildman–Crippen MR) is 156 cm³/mol. The SMILES string of the molecule is Cn1cccc1C(=O)Nc1ccc(Nc2ccc(NC(=O)c3ccc(N4CCC(O)CC4)cc3Cl)cc2)cc1. The van der Waals surface area contributed by atoms with Crippen LogP contribution in [0.3, 0.4) is 0 Å². The van der Waals surface area contributed by atoms with Crippen LogP contribution in [0.4, 0.5) is 28.4 Å². The largest absolute Gasteiger partial charge is 0.393 e. The lowest BCUT2D eigenvalue weighted by molar-refractivity contribution is 0.101. The van der Waals surface area contributed by atoms with Crippen molar-refractivity contribution in [2.45, 2.75) is 18.9 Å². The zero-order valence-electron chi connectivity index (χ0n) is 21.5. The molecule has 0 saturated carbocycles. The molecule has 0 atom stereocenters. The molecule has 0 unspecified atom stereocenters. The molecule has 0 aliphatic carbocycles. The summed E-state index contributed by atoms with van der Waals surface area (Å²) >= 11 is 6.45. The van der Waals surface area contributed by atoms with Gasteiger partial charge in [-0.25, -0.2) is 0 Å². The number of nitrogens with zero attached hydrogens (tertiary/aromatic N) is 2. The maximum Gasteiger partial charge on any atom is 0.272 e. The summed E-state index contributed by atoms with van der Waals surface area (Å²) in [4.78, 5) is 27.4. The number of hydrogen-bond donors (Lipinski definition) is 4. The number of anilines is 5. The Morgan fingerprint density at radius 1 is 0.821 bits per heavy atom. The van der Waals surface area contributed by atoms with E-state index in [9.17, 15) is 14.7 Å². The summed E-state index contributed by atoms with van der Waals surface area (Å²) in [7, 11) is 1.83. The van der Waals surface area contributed by atoms with Gasteiger partial charge in [-0.3, -0.25) is 9.59 Å². The highest BCUT2D eigenvalue weighted by molar-refractivity contribution is 6.34. The highest BCUT2D eigenvalue weighted by atomic mass is 35.5. The van der Waals surface area contributed by atoms with Gasteiger partial charge in [0.1, 0.15) is 5.69 Å². The fraction of sp³-hybridized carbons (Fsp3) is 0.200. The van der Waals surface area contributed by atoms with Crippen molar-refractivity contribution in [3.05, 3.63) is 101 Å². The summed E-state index contributed by atoms with van der Waals surface area (Å²) in [6.07, 6.45) is 3.03. The first kappa shape index (κ1) is 26.3. The van der Waals surface area contributed by atoms with Gasteiger partial charge in [-0.15, -0.1) is 0 Å². The number of piperidine rings is 1. The minimum atomic E-state index is -0.283. The first-order valence-electron chi connectivity index (χ1n) is 12.8. The van der Waals surface area contributed by atoms with E-state index in [1.807, 2.05) is 73.9 Å². The Labute approximate surface area is 232 Å². The van der Waals surface area contributed by atoms with Gasteiger partial charge in [0.15, 0.2) is 0 Å². The highest BCUT2D eigenvalue weighted by Gasteiger charge is 2.19. The zero-order chi connectivity index (χ0) is 27.4. The van der Waals surface area contributed by atoms with E-state index in [1.165, 1.54) is 0 Å². The molecular formula is C30H30ClN5O3. The van der Waals surface area contributed by atoms with Gasteiger partial charge < -0.3 is 30.5 Å². The molecule has 39 heavy (non-hydrogen) atoms. The number of benzene rings is 3. The van der Waals surface area contributed by atoms with Crippen molar-refractivity contribution in [1.82, 2.24) is 4.57 Å². The third-order valence-electron chi connectivity index (χ3n) is 6.78. The number of aliphatic hydroxyl groups excluding tert-OH is 1. The molecule has 200 valence electrons. The summed E-state index contributed by atoms with van der Waals surface area (Å²) in [6.45, 7) is 1.52. The third kappa shape index (κ3) is 6.42. The maximum absolute atomic E-state index is 12.9. The number of aliphatic hydroxyl groups is 1. The van der Waals surface area contributed by atoms with Crippen LogP contribution in [0.1, 0.15) is 33.7 Å². The summed E-state index contributed by atoms with van der Waals surface area (Å²) in [5.74, 6) is -0.449. The summed E-state index contributed by atoms with van der Waals surface area (Å²) in [6, 6.07) is 23.8. The smallest absolute Gasteiger partial charge is 0.272 e. The van der Waals surface area contributed by atoms with Crippen molar-refractivity contribution < 1.29 is 14.7 Å². The number of aryl methyl sites for hydroxylation is 1. The summed E-state index contributed by atoms with van der Waals surface area (Å²) in [5.41, 5.74) is 4.99. The molecule has 1 fully saturated rings. The molecule has 0 spiro atoms. The molecule has 2 heterocycles. The van der Waals surface area contributed by atoms with Crippen LogP contribution in [0.25, 0.3) is 0 Å². The van der Waals surface area contributed by atoms with Gasteiger partial charge in [0, 0.05) is 54.8 Å². The fourth-order valence-corrected chi connectivity index (χ4v) is 4.80. The van der Waals surface area contributed by atoms with E-state index >= 15 is 0 Å². The van der Waals surface area contributed by atoms with Gasteiger partial charge in [0.05, 0.1) is 16.7 Å². The quantitative estimate of drug-likeness (QED) is 0.233. The Morgan fingerprint density at radius 3 is 1.92 bits per heavy atom. The van der Waals surface area contributed by atoms with Gasteiger partial charge in [-0.05, 0) is 91.7 Å². The maximum atomic E-state index is 12.9. The number of halogens is 1. The van der Waals surface area contributed by atoms with E-state index in [0.717, 1.165) is 43.0 Å². The summed E-state index contributed by atoms with van der Waals surface area (Å²) < 4.78 is 1.77. The Kier molecular flexibility index (Phi) is 7.86. The lowest BCUT2D eigenvalue weighted by Gasteiger charge is -2.31. The molecule has 2 amide bonds. The van der Waals surface area contributed by atoms with E-state index in [1.54, 1.807) is 22.8 Å². The van der Waals surface area contributed by atoms with Crippen LogP contribution in [0.5, 0.6) is 0 Å². The number of rotatable bonds is 7. The molecule has 3 aromatic carbocycles. The number of carbonyl (C=O) groups excluding carboxylic acids is 2. The Bertz CT molecular complexity index is 1460. The van der Waals surface area contributed by atoms with E-state index in [-0.39, 0.29) is 17.9 Å². The minimum absolute atomic E-state index is 0.166. The number of aromatic nitrogens is 1. The average Bonchev–Trinajstić information content (AvgIpc) is 3.37. The van der Waals surface area contributed by atoms with Crippen molar-refractivity contribution in [3.8, 4) is 0 Å². The van der Waals surface area contributed by atoms with Gasteiger partial charge in [-0.1, -0.05) is 11.6 Å². The normalized spacial score (nSPS) is 13.7. The van der Waals surface area contributed by atoms with Crippen molar-refractivity contribution in [2.75, 3.05) is 33.9 Å². The van der Waals surface area contributed by atoms with Crippen LogP contribution in [-0.4, -0.2) is 40.7 Å². The van der Waals surface area contributed by atoms with Crippen LogP contribution in [0, 0.1) is 0 Å². The van der Waals surface area contributed by atoms with Gasteiger partial charge >= 0.3 is 0 Å². The van der Waals surface area contributed by atoms with Crippen LogP contribution >= 0.6 is 11.6 Å². The average molecular weight is 544 g/mol. The second-order valence-corrected chi connectivity index (χ2v) is 9.98. The molecule has 1 aromatic heterocycles. The molecule has 9 heteroatoms. The Hall–Kier alpha value is -4.27. The molecule has 1 aliphatic rings.